The third kappa shape index (κ3) is 6.59. The highest BCUT2D eigenvalue weighted by Gasteiger charge is 2.07. The lowest BCUT2D eigenvalue weighted by atomic mass is 10.2. The number of rotatable bonds is 8. The molecule has 0 unspecified atom stereocenters. The number of nitrogens with zero attached hydrogens (tertiary/aromatic N) is 3. The molecule has 0 saturated heterocycles. The van der Waals surface area contributed by atoms with Crippen molar-refractivity contribution >= 4 is 41.3 Å². The Morgan fingerprint density at radius 3 is 2.71 bits per heavy atom. The average molecular weight is 511 g/mol. The van der Waals surface area contributed by atoms with Gasteiger partial charge in [-0.1, -0.05) is 25.1 Å². The number of oxazole rings is 1. The maximum absolute atomic E-state index is 5.57. The molecule has 2 heterocycles. The molecular formula is C20H26IN5OS. The molecule has 0 saturated carbocycles. The van der Waals surface area contributed by atoms with Gasteiger partial charge in [0.25, 0.3) is 0 Å². The van der Waals surface area contributed by atoms with Crippen LogP contribution in [-0.2, 0) is 19.4 Å². The topological polar surface area (TPSA) is 75.3 Å². The molecule has 2 aromatic heterocycles. The lowest BCUT2D eigenvalue weighted by Gasteiger charge is -2.10. The number of guanidine groups is 1. The minimum atomic E-state index is 0. The second-order valence-corrected chi connectivity index (χ2v) is 7.16. The molecule has 3 rings (SSSR count). The first-order valence-corrected chi connectivity index (χ1v) is 10.1. The molecule has 0 bridgehead atoms. The van der Waals surface area contributed by atoms with Gasteiger partial charge in [-0.2, -0.15) is 0 Å². The van der Waals surface area contributed by atoms with Crippen molar-refractivity contribution in [3.05, 3.63) is 58.4 Å². The number of benzene rings is 1. The number of hydrogen-bond donors (Lipinski definition) is 2. The number of thiazole rings is 1. The fourth-order valence-corrected chi connectivity index (χ4v) is 3.37. The van der Waals surface area contributed by atoms with E-state index < -0.39 is 0 Å². The van der Waals surface area contributed by atoms with Crippen molar-refractivity contribution < 1.29 is 4.42 Å². The highest BCUT2D eigenvalue weighted by Crippen LogP contribution is 2.18. The molecule has 0 amide bonds. The zero-order chi connectivity index (χ0) is 18.9. The number of aryl methyl sites for hydroxylation is 1. The molecular weight excluding hydrogens is 485 g/mol. The third-order valence-corrected chi connectivity index (χ3v) is 5.10. The van der Waals surface area contributed by atoms with Gasteiger partial charge >= 0.3 is 0 Å². The molecule has 0 aliphatic rings. The van der Waals surface area contributed by atoms with E-state index in [-0.39, 0.29) is 24.0 Å². The summed E-state index contributed by atoms with van der Waals surface area (Å²) < 4.78 is 5.57. The number of halogens is 1. The predicted molar refractivity (Wildman–Crippen MR) is 125 cm³/mol. The van der Waals surface area contributed by atoms with Crippen LogP contribution in [0.25, 0.3) is 11.5 Å². The van der Waals surface area contributed by atoms with Gasteiger partial charge in [0, 0.05) is 36.1 Å². The molecule has 8 heteroatoms. The predicted octanol–water partition coefficient (Wildman–Crippen LogP) is 4.28. The zero-order valence-corrected chi connectivity index (χ0v) is 19.3. The van der Waals surface area contributed by atoms with Crippen molar-refractivity contribution in [3.8, 4) is 11.5 Å². The highest BCUT2D eigenvalue weighted by molar-refractivity contribution is 14.0. The van der Waals surface area contributed by atoms with Crippen LogP contribution >= 0.6 is 35.3 Å². The van der Waals surface area contributed by atoms with E-state index in [9.17, 15) is 0 Å². The van der Waals surface area contributed by atoms with E-state index in [1.54, 1.807) is 17.6 Å². The molecule has 1 aromatic carbocycles. The van der Waals surface area contributed by atoms with Crippen molar-refractivity contribution in [1.29, 1.82) is 0 Å². The SMILES string of the molecule is CCNC(=NCc1coc(-c2ccccc2)n1)NCCc1ncc(CC)s1.I. The van der Waals surface area contributed by atoms with Crippen LogP contribution in [0.1, 0.15) is 29.4 Å². The van der Waals surface area contributed by atoms with E-state index in [1.807, 2.05) is 36.5 Å². The van der Waals surface area contributed by atoms with E-state index in [4.69, 9.17) is 4.42 Å². The Labute approximate surface area is 186 Å². The molecule has 0 aliphatic carbocycles. The quantitative estimate of drug-likeness (QED) is 0.268. The minimum absolute atomic E-state index is 0. The Bertz CT molecular complexity index is 862. The fourth-order valence-electron chi connectivity index (χ4n) is 2.51. The van der Waals surface area contributed by atoms with Crippen LogP contribution in [-0.4, -0.2) is 29.0 Å². The number of aliphatic imine (C=N–C) groups is 1. The Morgan fingerprint density at radius 2 is 2.00 bits per heavy atom. The molecule has 6 nitrogen and oxygen atoms in total. The first kappa shape index (κ1) is 22.4. The zero-order valence-electron chi connectivity index (χ0n) is 16.1. The van der Waals surface area contributed by atoms with Gasteiger partial charge in [0.2, 0.25) is 5.89 Å². The maximum Gasteiger partial charge on any atom is 0.226 e. The van der Waals surface area contributed by atoms with Gasteiger partial charge in [0.05, 0.1) is 11.6 Å². The summed E-state index contributed by atoms with van der Waals surface area (Å²) in [4.78, 5) is 14.9. The summed E-state index contributed by atoms with van der Waals surface area (Å²) >= 11 is 1.77. The smallest absolute Gasteiger partial charge is 0.226 e. The van der Waals surface area contributed by atoms with E-state index in [1.165, 1.54) is 4.88 Å². The first-order chi connectivity index (χ1) is 13.3. The third-order valence-electron chi connectivity index (χ3n) is 3.90. The summed E-state index contributed by atoms with van der Waals surface area (Å²) in [6, 6.07) is 9.87. The molecule has 2 N–H and O–H groups in total. The maximum atomic E-state index is 5.57. The molecule has 0 radical (unpaired) electrons. The summed E-state index contributed by atoms with van der Waals surface area (Å²) in [6.45, 7) is 6.25. The van der Waals surface area contributed by atoms with E-state index in [0.29, 0.717) is 12.4 Å². The summed E-state index contributed by atoms with van der Waals surface area (Å²) in [5, 5.41) is 7.76. The number of aromatic nitrogens is 2. The summed E-state index contributed by atoms with van der Waals surface area (Å²) in [5.74, 6) is 1.39. The van der Waals surface area contributed by atoms with Crippen LogP contribution < -0.4 is 10.6 Å². The molecule has 3 aromatic rings. The van der Waals surface area contributed by atoms with Gasteiger partial charge in [0.15, 0.2) is 5.96 Å². The largest absolute Gasteiger partial charge is 0.444 e. The van der Waals surface area contributed by atoms with Crippen molar-refractivity contribution in [2.75, 3.05) is 13.1 Å². The average Bonchev–Trinajstić information content (AvgIpc) is 3.36. The van der Waals surface area contributed by atoms with Gasteiger partial charge in [-0.3, -0.25) is 0 Å². The molecule has 150 valence electrons. The normalized spacial score (nSPS) is 11.1. The Morgan fingerprint density at radius 1 is 1.18 bits per heavy atom. The molecule has 0 spiro atoms. The molecule has 0 aliphatic heterocycles. The Balaban J connectivity index is 0.00000280. The van der Waals surface area contributed by atoms with Gasteiger partial charge in [-0.25, -0.2) is 15.0 Å². The van der Waals surface area contributed by atoms with E-state index in [0.717, 1.165) is 48.2 Å². The van der Waals surface area contributed by atoms with Crippen LogP contribution in [0.4, 0.5) is 0 Å². The lowest BCUT2D eigenvalue weighted by Crippen LogP contribution is -2.38. The number of nitrogens with one attached hydrogen (secondary N) is 2. The van der Waals surface area contributed by atoms with Crippen molar-refractivity contribution in [1.82, 2.24) is 20.6 Å². The molecule has 28 heavy (non-hydrogen) atoms. The van der Waals surface area contributed by atoms with Gasteiger partial charge in [-0.15, -0.1) is 35.3 Å². The van der Waals surface area contributed by atoms with Gasteiger partial charge in [-0.05, 0) is 25.5 Å². The van der Waals surface area contributed by atoms with Crippen molar-refractivity contribution in [3.63, 3.8) is 0 Å². The first-order valence-electron chi connectivity index (χ1n) is 9.24. The molecule has 0 fully saturated rings. The highest BCUT2D eigenvalue weighted by atomic mass is 127. The van der Waals surface area contributed by atoms with Gasteiger partial charge in [0.1, 0.15) is 12.0 Å². The lowest BCUT2D eigenvalue weighted by molar-refractivity contribution is 0.572. The Hall–Kier alpha value is -1.94. The number of hydrogen-bond acceptors (Lipinski definition) is 5. The second kappa shape index (κ2) is 11.8. The van der Waals surface area contributed by atoms with Crippen LogP contribution in [0, 0.1) is 0 Å². The van der Waals surface area contributed by atoms with Crippen molar-refractivity contribution in [2.45, 2.75) is 33.2 Å². The van der Waals surface area contributed by atoms with Crippen LogP contribution in [0.15, 0.2) is 52.2 Å². The molecule has 0 atom stereocenters. The van der Waals surface area contributed by atoms with Crippen LogP contribution in [0.3, 0.4) is 0 Å². The van der Waals surface area contributed by atoms with Crippen LogP contribution in [0.5, 0.6) is 0 Å². The van der Waals surface area contributed by atoms with Gasteiger partial charge < -0.3 is 15.1 Å². The summed E-state index contributed by atoms with van der Waals surface area (Å²) in [7, 11) is 0. The Kier molecular flexibility index (Phi) is 9.42. The van der Waals surface area contributed by atoms with E-state index in [2.05, 4.69) is 39.4 Å². The second-order valence-electron chi connectivity index (χ2n) is 5.96. The standard InChI is InChI=1S/C20H25N5OS.HI/c1-3-17-13-23-18(27-17)10-11-22-20(21-4-2)24-12-16-14-26-19(25-16)15-8-6-5-7-9-15;/h5-9,13-14H,3-4,10-12H2,1-2H3,(H2,21,22,24);1H. The minimum Gasteiger partial charge on any atom is -0.444 e. The van der Waals surface area contributed by atoms with Crippen LogP contribution in [0.2, 0.25) is 0 Å². The summed E-state index contributed by atoms with van der Waals surface area (Å²) in [5.41, 5.74) is 1.77. The fraction of sp³-hybridized carbons (Fsp3) is 0.350. The van der Waals surface area contributed by atoms with Crippen molar-refractivity contribution in [2.24, 2.45) is 4.99 Å². The monoisotopic (exact) mass is 511 g/mol. The van der Waals surface area contributed by atoms with E-state index >= 15 is 0 Å². The summed E-state index contributed by atoms with van der Waals surface area (Å²) in [6.07, 6.45) is 5.56.